The fraction of sp³-hybridized carbons (Fsp3) is 0.684. The maximum absolute atomic E-state index is 5.65. The quantitative estimate of drug-likeness (QED) is 0.822. The van der Waals surface area contributed by atoms with Crippen molar-refractivity contribution in [2.75, 3.05) is 13.7 Å². The van der Waals surface area contributed by atoms with Crippen molar-refractivity contribution in [2.45, 2.75) is 64.8 Å². The average molecular weight is 289 g/mol. The summed E-state index contributed by atoms with van der Waals surface area (Å²) in [5, 5.41) is 3.66. The van der Waals surface area contributed by atoms with Crippen molar-refractivity contribution in [3.05, 3.63) is 29.3 Å². The van der Waals surface area contributed by atoms with Crippen LogP contribution in [0.3, 0.4) is 0 Å². The molecule has 1 fully saturated rings. The Labute approximate surface area is 130 Å². The molecule has 0 spiro atoms. The molecule has 0 aliphatic heterocycles. The minimum atomic E-state index is 0.534. The lowest BCUT2D eigenvalue weighted by Gasteiger charge is -2.32. The zero-order valence-electron chi connectivity index (χ0n) is 14.1. The van der Waals surface area contributed by atoms with Gasteiger partial charge in [0.15, 0.2) is 0 Å². The predicted molar refractivity (Wildman–Crippen MR) is 90.2 cm³/mol. The van der Waals surface area contributed by atoms with E-state index in [1.54, 1.807) is 7.11 Å². The Morgan fingerprint density at radius 1 is 1.19 bits per heavy atom. The highest BCUT2D eigenvalue weighted by molar-refractivity contribution is 5.40. The molecule has 0 saturated heterocycles. The van der Waals surface area contributed by atoms with Crippen LogP contribution in [0.5, 0.6) is 5.75 Å². The number of methoxy groups -OCH3 is 1. The number of rotatable bonds is 6. The first-order valence-corrected chi connectivity index (χ1v) is 8.49. The average Bonchev–Trinajstić information content (AvgIpc) is 2.48. The van der Waals surface area contributed by atoms with E-state index >= 15 is 0 Å². The van der Waals surface area contributed by atoms with Gasteiger partial charge in [0.2, 0.25) is 0 Å². The van der Waals surface area contributed by atoms with Gasteiger partial charge in [-0.3, -0.25) is 0 Å². The monoisotopic (exact) mass is 289 g/mol. The summed E-state index contributed by atoms with van der Waals surface area (Å²) in [6.07, 6.45) is 6.91. The zero-order chi connectivity index (χ0) is 15.2. The topological polar surface area (TPSA) is 21.3 Å². The van der Waals surface area contributed by atoms with E-state index < -0.39 is 0 Å². The summed E-state index contributed by atoms with van der Waals surface area (Å²) >= 11 is 0. The molecule has 1 aromatic carbocycles. The molecule has 1 atom stereocenters. The van der Waals surface area contributed by atoms with Crippen molar-refractivity contribution >= 4 is 0 Å². The number of nitrogens with one attached hydrogen (secondary N) is 1. The molecule has 1 aliphatic carbocycles. The third kappa shape index (κ3) is 4.47. The fourth-order valence-electron chi connectivity index (χ4n) is 3.57. The summed E-state index contributed by atoms with van der Waals surface area (Å²) in [5.41, 5.74) is 2.73. The first kappa shape index (κ1) is 16.4. The summed E-state index contributed by atoms with van der Waals surface area (Å²) in [7, 11) is 1.79. The summed E-state index contributed by atoms with van der Waals surface area (Å²) in [6.45, 7) is 7.69. The number of benzene rings is 1. The Hall–Kier alpha value is -1.02. The van der Waals surface area contributed by atoms with Gasteiger partial charge in [-0.15, -0.1) is 0 Å². The van der Waals surface area contributed by atoms with Crippen LogP contribution < -0.4 is 10.1 Å². The molecule has 2 rings (SSSR count). The minimum Gasteiger partial charge on any atom is -0.496 e. The Morgan fingerprint density at radius 2 is 1.90 bits per heavy atom. The van der Waals surface area contributed by atoms with Gasteiger partial charge in [0.25, 0.3) is 0 Å². The van der Waals surface area contributed by atoms with Crippen molar-refractivity contribution in [1.29, 1.82) is 0 Å². The van der Waals surface area contributed by atoms with Gasteiger partial charge in [0.05, 0.1) is 7.11 Å². The highest BCUT2D eigenvalue weighted by Crippen LogP contribution is 2.39. The number of hydrogen-bond donors (Lipinski definition) is 1. The molecule has 0 bridgehead atoms. The smallest absolute Gasteiger partial charge is 0.122 e. The minimum absolute atomic E-state index is 0.534. The molecule has 1 aliphatic rings. The van der Waals surface area contributed by atoms with Crippen molar-refractivity contribution < 1.29 is 4.74 Å². The van der Waals surface area contributed by atoms with Crippen molar-refractivity contribution in [2.24, 2.45) is 5.92 Å². The van der Waals surface area contributed by atoms with Gasteiger partial charge in [-0.05, 0) is 37.3 Å². The predicted octanol–water partition coefficient (Wildman–Crippen LogP) is 4.67. The molecule has 21 heavy (non-hydrogen) atoms. The molecular weight excluding hydrogens is 258 g/mol. The summed E-state index contributed by atoms with van der Waals surface area (Å²) in [6, 6.07) is 7.15. The molecule has 2 nitrogen and oxygen atoms in total. The molecule has 0 heterocycles. The van der Waals surface area contributed by atoms with E-state index in [2.05, 4.69) is 44.3 Å². The van der Waals surface area contributed by atoms with Crippen LogP contribution in [0.25, 0.3) is 0 Å². The Morgan fingerprint density at radius 3 is 2.52 bits per heavy atom. The Balaban J connectivity index is 2.26. The van der Waals surface area contributed by atoms with E-state index in [-0.39, 0.29) is 0 Å². The SMILES string of the molecule is COc1ccc(C)cc1C(CNC(C)C)C1CCCCC1. The van der Waals surface area contributed by atoms with E-state index in [9.17, 15) is 0 Å². The van der Waals surface area contributed by atoms with E-state index in [0.717, 1.165) is 18.2 Å². The van der Waals surface area contributed by atoms with Crippen molar-refractivity contribution in [1.82, 2.24) is 5.32 Å². The van der Waals surface area contributed by atoms with Crippen LogP contribution in [0.4, 0.5) is 0 Å². The van der Waals surface area contributed by atoms with Gasteiger partial charge in [0, 0.05) is 18.5 Å². The third-order valence-corrected chi connectivity index (χ3v) is 4.75. The van der Waals surface area contributed by atoms with Crippen LogP contribution in [0.15, 0.2) is 18.2 Å². The van der Waals surface area contributed by atoms with Crippen LogP contribution >= 0.6 is 0 Å². The first-order valence-electron chi connectivity index (χ1n) is 8.49. The highest BCUT2D eigenvalue weighted by atomic mass is 16.5. The molecule has 118 valence electrons. The van der Waals surface area contributed by atoms with Gasteiger partial charge in [-0.2, -0.15) is 0 Å². The summed E-state index contributed by atoms with van der Waals surface area (Å²) < 4.78 is 5.65. The lowest BCUT2D eigenvalue weighted by atomic mass is 9.76. The molecule has 1 N–H and O–H groups in total. The number of ether oxygens (including phenoxy) is 1. The van der Waals surface area contributed by atoms with E-state index in [4.69, 9.17) is 4.74 Å². The number of aryl methyl sites for hydroxylation is 1. The fourth-order valence-corrected chi connectivity index (χ4v) is 3.57. The Kier molecular flexibility index (Phi) is 6.10. The van der Waals surface area contributed by atoms with E-state index in [1.807, 2.05) is 0 Å². The lowest BCUT2D eigenvalue weighted by Crippen LogP contribution is -2.32. The van der Waals surface area contributed by atoms with Crippen LogP contribution in [0.2, 0.25) is 0 Å². The molecule has 1 aromatic rings. The molecule has 2 heteroatoms. The second-order valence-electron chi connectivity index (χ2n) is 6.81. The molecule has 0 amide bonds. The molecule has 0 radical (unpaired) electrons. The standard InChI is InChI=1S/C19H31NO/c1-14(2)20-13-18(16-8-6-5-7-9-16)17-12-15(3)10-11-19(17)21-4/h10-12,14,16,18,20H,5-9,13H2,1-4H3. The first-order chi connectivity index (χ1) is 10.1. The van der Waals surface area contributed by atoms with Crippen LogP contribution in [0, 0.1) is 12.8 Å². The highest BCUT2D eigenvalue weighted by Gasteiger charge is 2.27. The van der Waals surface area contributed by atoms with Gasteiger partial charge in [-0.1, -0.05) is 50.8 Å². The second kappa shape index (κ2) is 7.84. The molecule has 1 unspecified atom stereocenters. The molecular formula is C19H31NO. The van der Waals surface area contributed by atoms with Crippen molar-refractivity contribution in [3.8, 4) is 5.75 Å². The van der Waals surface area contributed by atoms with Crippen LogP contribution in [0.1, 0.15) is 63.0 Å². The zero-order valence-corrected chi connectivity index (χ0v) is 14.1. The number of hydrogen-bond acceptors (Lipinski definition) is 2. The lowest BCUT2D eigenvalue weighted by molar-refractivity contribution is 0.286. The van der Waals surface area contributed by atoms with Gasteiger partial charge in [-0.25, -0.2) is 0 Å². The van der Waals surface area contributed by atoms with Gasteiger partial charge >= 0.3 is 0 Å². The molecule has 0 aromatic heterocycles. The summed E-state index contributed by atoms with van der Waals surface area (Å²) in [4.78, 5) is 0. The maximum atomic E-state index is 5.65. The molecule has 1 saturated carbocycles. The summed E-state index contributed by atoms with van der Waals surface area (Å²) in [5.74, 6) is 2.42. The largest absolute Gasteiger partial charge is 0.496 e. The van der Waals surface area contributed by atoms with Crippen LogP contribution in [-0.2, 0) is 0 Å². The van der Waals surface area contributed by atoms with Gasteiger partial charge < -0.3 is 10.1 Å². The third-order valence-electron chi connectivity index (χ3n) is 4.75. The van der Waals surface area contributed by atoms with E-state index in [0.29, 0.717) is 12.0 Å². The van der Waals surface area contributed by atoms with Crippen molar-refractivity contribution in [3.63, 3.8) is 0 Å². The Bertz CT molecular complexity index is 435. The van der Waals surface area contributed by atoms with E-state index in [1.165, 1.54) is 43.2 Å². The maximum Gasteiger partial charge on any atom is 0.122 e. The van der Waals surface area contributed by atoms with Gasteiger partial charge in [0.1, 0.15) is 5.75 Å². The normalized spacial score (nSPS) is 18.0. The second-order valence-corrected chi connectivity index (χ2v) is 6.81. The van der Waals surface area contributed by atoms with Crippen LogP contribution in [-0.4, -0.2) is 19.7 Å².